The Bertz CT molecular complexity index is 502. The van der Waals surface area contributed by atoms with E-state index in [1.807, 2.05) is 0 Å². The monoisotopic (exact) mass is 330 g/mol. The Morgan fingerprint density at radius 1 is 1.25 bits per heavy atom. The maximum atomic E-state index is 13.2. The molecule has 82 valence electrons. The normalized spacial score (nSPS) is 10.2. The number of benzene rings is 1. The van der Waals surface area contributed by atoms with Gasteiger partial charge < -0.3 is 4.74 Å². The van der Waals surface area contributed by atoms with Gasteiger partial charge in [-0.2, -0.15) is 0 Å². The van der Waals surface area contributed by atoms with E-state index in [2.05, 4.69) is 32.6 Å². The molecule has 0 saturated carbocycles. The number of aryl methyl sites for hydroxylation is 1. The van der Waals surface area contributed by atoms with E-state index in [-0.39, 0.29) is 11.8 Å². The molecule has 0 amide bonds. The van der Waals surface area contributed by atoms with Gasteiger partial charge in [0, 0.05) is 22.0 Å². The first-order valence-corrected chi connectivity index (χ1v) is 5.64. The van der Waals surface area contributed by atoms with Crippen molar-refractivity contribution >= 4 is 22.6 Å². The second-order valence-corrected chi connectivity index (χ2v) is 4.44. The van der Waals surface area contributed by atoms with Crippen molar-refractivity contribution in [3.63, 3.8) is 0 Å². The maximum Gasteiger partial charge on any atom is 0.321 e. The summed E-state index contributed by atoms with van der Waals surface area (Å²) < 4.78 is 19.4. The van der Waals surface area contributed by atoms with Crippen LogP contribution in [-0.4, -0.2) is 9.97 Å². The first-order chi connectivity index (χ1) is 7.65. The minimum Gasteiger partial charge on any atom is -0.424 e. The fourth-order valence-electron chi connectivity index (χ4n) is 1.10. The zero-order valence-electron chi connectivity index (χ0n) is 8.45. The van der Waals surface area contributed by atoms with Gasteiger partial charge in [0.2, 0.25) is 0 Å². The van der Waals surface area contributed by atoms with Crippen molar-refractivity contribution in [3.8, 4) is 11.8 Å². The van der Waals surface area contributed by atoms with Crippen molar-refractivity contribution in [2.75, 3.05) is 0 Å². The largest absolute Gasteiger partial charge is 0.424 e. The van der Waals surface area contributed by atoms with Gasteiger partial charge in [-0.25, -0.2) is 14.4 Å². The summed E-state index contributed by atoms with van der Waals surface area (Å²) in [6.07, 6.45) is 3.26. The zero-order chi connectivity index (χ0) is 11.5. The molecule has 5 heteroatoms. The molecule has 16 heavy (non-hydrogen) atoms. The molecule has 0 aliphatic heterocycles. The lowest BCUT2D eigenvalue weighted by molar-refractivity contribution is 0.437. The maximum absolute atomic E-state index is 13.2. The Kier molecular flexibility index (Phi) is 3.33. The van der Waals surface area contributed by atoms with Gasteiger partial charge >= 0.3 is 6.01 Å². The van der Waals surface area contributed by atoms with Crippen LogP contribution in [0.15, 0.2) is 30.6 Å². The molecule has 1 aromatic carbocycles. The molecule has 1 aromatic heterocycles. The molecule has 0 aliphatic rings. The summed E-state index contributed by atoms with van der Waals surface area (Å²) in [6, 6.07) is 4.86. The minimum atomic E-state index is -0.303. The average Bonchev–Trinajstić information content (AvgIpc) is 2.27. The Morgan fingerprint density at radius 3 is 2.56 bits per heavy atom. The van der Waals surface area contributed by atoms with E-state index in [4.69, 9.17) is 4.74 Å². The predicted molar refractivity (Wildman–Crippen MR) is 66.0 cm³/mol. The van der Waals surface area contributed by atoms with E-state index in [0.717, 1.165) is 3.57 Å². The van der Waals surface area contributed by atoms with Gasteiger partial charge in [0.15, 0.2) is 0 Å². The van der Waals surface area contributed by atoms with Crippen molar-refractivity contribution in [1.82, 2.24) is 9.97 Å². The molecule has 0 atom stereocenters. The molecular weight excluding hydrogens is 322 g/mol. The fourth-order valence-corrected chi connectivity index (χ4v) is 1.37. The molecule has 0 aliphatic carbocycles. The molecule has 0 radical (unpaired) electrons. The van der Waals surface area contributed by atoms with Crippen LogP contribution in [0.3, 0.4) is 0 Å². The van der Waals surface area contributed by atoms with E-state index in [1.165, 1.54) is 6.07 Å². The summed E-state index contributed by atoms with van der Waals surface area (Å²) in [5, 5.41) is 0. The number of aromatic nitrogens is 2. The van der Waals surface area contributed by atoms with Gasteiger partial charge in [-0.3, -0.25) is 0 Å². The molecule has 0 saturated heterocycles. The highest BCUT2D eigenvalue weighted by atomic mass is 127. The van der Waals surface area contributed by atoms with E-state index >= 15 is 0 Å². The SMILES string of the molecule is Cc1ccc(Oc2ncc(I)cn2)cc1F. The van der Waals surface area contributed by atoms with Crippen LogP contribution in [0.1, 0.15) is 5.56 Å². The van der Waals surface area contributed by atoms with Crippen LogP contribution in [0.25, 0.3) is 0 Å². The van der Waals surface area contributed by atoms with Crippen LogP contribution in [0.5, 0.6) is 11.8 Å². The molecule has 0 N–H and O–H groups in total. The second kappa shape index (κ2) is 4.73. The number of halogens is 2. The molecule has 2 aromatic rings. The Morgan fingerprint density at radius 2 is 1.94 bits per heavy atom. The predicted octanol–water partition coefficient (Wildman–Crippen LogP) is 3.32. The van der Waals surface area contributed by atoms with Crippen LogP contribution in [0.4, 0.5) is 4.39 Å². The molecule has 0 bridgehead atoms. The standard InChI is InChI=1S/C11H8FIN2O/c1-7-2-3-9(4-10(7)12)16-11-14-5-8(13)6-15-11/h2-6H,1H3. The van der Waals surface area contributed by atoms with Crippen molar-refractivity contribution in [2.45, 2.75) is 6.92 Å². The Hall–Kier alpha value is -1.24. The van der Waals surface area contributed by atoms with Crippen LogP contribution in [-0.2, 0) is 0 Å². The summed E-state index contributed by atoms with van der Waals surface area (Å²) in [5.74, 6) is 0.0901. The van der Waals surface area contributed by atoms with Crippen molar-refractivity contribution in [1.29, 1.82) is 0 Å². The lowest BCUT2D eigenvalue weighted by Gasteiger charge is -2.04. The van der Waals surface area contributed by atoms with Gasteiger partial charge in [-0.1, -0.05) is 6.07 Å². The molecule has 1 heterocycles. The van der Waals surface area contributed by atoms with E-state index in [9.17, 15) is 4.39 Å². The third kappa shape index (κ3) is 2.66. The quantitative estimate of drug-likeness (QED) is 0.793. The van der Waals surface area contributed by atoms with Gasteiger partial charge in [-0.05, 0) is 41.1 Å². The highest BCUT2D eigenvalue weighted by molar-refractivity contribution is 14.1. The van der Waals surface area contributed by atoms with Gasteiger partial charge in [-0.15, -0.1) is 0 Å². The first-order valence-electron chi connectivity index (χ1n) is 4.57. The first kappa shape index (κ1) is 11.3. The molecule has 0 unspecified atom stereocenters. The minimum absolute atomic E-state index is 0.212. The van der Waals surface area contributed by atoms with Crippen molar-refractivity contribution in [3.05, 3.63) is 45.5 Å². The second-order valence-electron chi connectivity index (χ2n) is 3.20. The molecule has 0 fully saturated rings. The zero-order valence-corrected chi connectivity index (χ0v) is 10.6. The molecule has 3 nitrogen and oxygen atoms in total. The highest BCUT2D eigenvalue weighted by Crippen LogP contribution is 2.20. The number of ether oxygens (including phenoxy) is 1. The summed E-state index contributed by atoms with van der Waals surface area (Å²) in [6.45, 7) is 1.69. The fraction of sp³-hybridized carbons (Fsp3) is 0.0909. The Labute approximate surface area is 106 Å². The summed E-state index contributed by atoms with van der Waals surface area (Å²) >= 11 is 2.10. The number of hydrogen-bond donors (Lipinski definition) is 0. The third-order valence-corrected chi connectivity index (χ3v) is 2.51. The van der Waals surface area contributed by atoms with Crippen LogP contribution < -0.4 is 4.74 Å². The lowest BCUT2D eigenvalue weighted by Crippen LogP contribution is -1.92. The number of nitrogens with zero attached hydrogens (tertiary/aromatic N) is 2. The van der Waals surface area contributed by atoms with Crippen LogP contribution in [0.2, 0.25) is 0 Å². The van der Waals surface area contributed by atoms with Crippen LogP contribution >= 0.6 is 22.6 Å². The van der Waals surface area contributed by atoms with Gasteiger partial charge in [0.05, 0.1) is 0 Å². The van der Waals surface area contributed by atoms with Gasteiger partial charge in [0.1, 0.15) is 11.6 Å². The van der Waals surface area contributed by atoms with Crippen molar-refractivity contribution in [2.24, 2.45) is 0 Å². The van der Waals surface area contributed by atoms with E-state index in [1.54, 1.807) is 31.5 Å². The number of rotatable bonds is 2. The third-order valence-electron chi connectivity index (χ3n) is 1.95. The average molecular weight is 330 g/mol. The summed E-state index contributed by atoms with van der Waals surface area (Å²) in [5.41, 5.74) is 0.580. The van der Waals surface area contributed by atoms with E-state index in [0.29, 0.717) is 11.3 Å². The molecule has 2 rings (SSSR count). The van der Waals surface area contributed by atoms with Gasteiger partial charge in [0.25, 0.3) is 0 Å². The number of hydrogen-bond acceptors (Lipinski definition) is 3. The summed E-state index contributed by atoms with van der Waals surface area (Å²) in [7, 11) is 0. The van der Waals surface area contributed by atoms with Crippen LogP contribution in [0, 0.1) is 16.3 Å². The summed E-state index contributed by atoms with van der Waals surface area (Å²) in [4.78, 5) is 7.92. The Balaban J connectivity index is 2.20. The highest BCUT2D eigenvalue weighted by Gasteiger charge is 2.03. The van der Waals surface area contributed by atoms with Crippen molar-refractivity contribution < 1.29 is 9.13 Å². The lowest BCUT2D eigenvalue weighted by atomic mass is 10.2. The smallest absolute Gasteiger partial charge is 0.321 e. The molecule has 0 spiro atoms. The van der Waals surface area contributed by atoms with E-state index < -0.39 is 0 Å². The topological polar surface area (TPSA) is 35.0 Å². The molecular formula is C11H8FIN2O.